The van der Waals surface area contributed by atoms with Crippen molar-refractivity contribution >= 4 is 23.4 Å². The molecule has 0 bridgehead atoms. The number of carbonyl (C=O) groups excluding carboxylic acids is 3. The molecule has 3 atom stereocenters. The lowest BCUT2D eigenvalue weighted by Gasteiger charge is -2.50. The normalized spacial score (nSPS) is 27.2. The second kappa shape index (κ2) is 10.3. The zero-order chi connectivity index (χ0) is 31.7. The zero-order valence-electron chi connectivity index (χ0n) is 23.0. The van der Waals surface area contributed by atoms with Gasteiger partial charge in [0.1, 0.15) is 5.82 Å². The highest BCUT2D eigenvalue weighted by atomic mass is 19.1. The number of benzene rings is 2. The number of amides is 3. The van der Waals surface area contributed by atoms with E-state index in [2.05, 4.69) is 5.32 Å². The number of fused-ring (bicyclic) bond motifs is 1. The maximum absolute atomic E-state index is 14.8. The molecule has 0 aliphatic carbocycles. The second-order valence-corrected chi connectivity index (χ2v) is 11.0. The van der Waals surface area contributed by atoms with Gasteiger partial charge in [-0.2, -0.15) is 0 Å². The number of imide groups is 1. The van der Waals surface area contributed by atoms with Crippen LogP contribution in [0.5, 0.6) is 0 Å². The number of halogens is 1. The molecule has 5 rings (SSSR count). The molecular formula is C27H31FN4O11. The molecule has 15 nitrogen and oxygen atoms in total. The first-order chi connectivity index (χ1) is 19.9. The Balaban J connectivity index is 1.40. The van der Waals surface area contributed by atoms with E-state index in [1.165, 1.54) is 40.5 Å². The minimum absolute atomic E-state index is 0.00885. The Morgan fingerprint density at radius 3 is 2.33 bits per heavy atom. The molecule has 43 heavy (non-hydrogen) atoms. The molecule has 3 aliphatic heterocycles. The molecule has 16 heteroatoms. The van der Waals surface area contributed by atoms with Gasteiger partial charge in [0.2, 0.25) is 0 Å². The van der Waals surface area contributed by atoms with Crippen LogP contribution >= 0.6 is 0 Å². The number of hydrogen-bond donors (Lipinski definition) is 9. The molecule has 9 N–H and O–H groups in total. The van der Waals surface area contributed by atoms with Crippen molar-refractivity contribution in [3.05, 3.63) is 64.5 Å². The van der Waals surface area contributed by atoms with Crippen molar-refractivity contribution in [1.29, 1.82) is 0 Å². The van der Waals surface area contributed by atoms with Crippen LogP contribution in [0.1, 0.15) is 40.9 Å². The van der Waals surface area contributed by atoms with Crippen LogP contribution in [0.25, 0.3) is 0 Å². The van der Waals surface area contributed by atoms with Crippen molar-refractivity contribution < 1.29 is 59.3 Å². The summed E-state index contributed by atoms with van der Waals surface area (Å²) in [7, 11) is 0. The number of anilines is 1. The average molecular weight is 607 g/mol. The standard InChI is InChI=1S/C27H31FN4O11/c1-13-10-31(11-14(2)43-13)26(39,40)16-6-7-19(28)15(8-16)9-29-20-5-3-4-17-18(20)12-32(21(17)33)24(36)22(34)30-23(35)25(37,38)27(24,41)42/h3-8,13-14,29,36-42H,9-12H2,1-2H3,(H,30,34,35). The third-order valence-electron chi connectivity index (χ3n) is 7.95. The fourth-order valence-electron chi connectivity index (χ4n) is 5.63. The number of nitrogens with zero attached hydrogens (tertiary/aromatic N) is 2. The third-order valence-corrected chi connectivity index (χ3v) is 7.95. The summed E-state index contributed by atoms with van der Waals surface area (Å²) < 4.78 is 20.5. The topological polar surface area (TPSA) is 233 Å². The lowest BCUT2D eigenvalue weighted by atomic mass is 9.86. The van der Waals surface area contributed by atoms with Gasteiger partial charge in [-0.05, 0) is 44.2 Å². The van der Waals surface area contributed by atoms with Crippen LogP contribution in [0.2, 0.25) is 0 Å². The first-order valence-electron chi connectivity index (χ1n) is 13.2. The number of morpholine rings is 1. The monoisotopic (exact) mass is 606 g/mol. The minimum atomic E-state index is -4.24. The van der Waals surface area contributed by atoms with Crippen LogP contribution in [0.15, 0.2) is 36.4 Å². The molecule has 2 aromatic carbocycles. The Kier molecular flexibility index (Phi) is 7.36. The maximum atomic E-state index is 14.8. The summed E-state index contributed by atoms with van der Waals surface area (Å²) in [5.41, 5.74) is -3.56. The van der Waals surface area contributed by atoms with E-state index in [0.29, 0.717) is 0 Å². The quantitative estimate of drug-likeness (QED) is 0.121. The van der Waals surface area contributed by atoms with E-state index in [0.717, 1.165) is 6.07 Å². The van der Waals surface area contributed by atoms with Gasteiger partial charge in [-0.25, -0.2) is 9.29 Å². The Bertz CT molecular complexity index is 1490. The molecule has 2 saturated heterocycles. The highest BCUT2D eigenvalue weighted by Gasteiger charge is 2.76. The molecule has 3 aliphatic rings. The van der Waals surface area contributed by atoms with E-state index < -0.39 is 53.3 Å². The Morgan fingerprint density at radius 1 is 1.02 bits per heavy atom. The summed E-state index contributed by atoms with van der Waals surface area (Å²) in [4.78, 5) is 39.3. The minimum Gasteiger partial charge on any atom is -0.381 e. The van der Waals surface area contributed by atoms with Crippen LogP contribution in [-0.2, 0) is 33.3 Å². The van der Waals surface area contributed by atoms with Crippen molar-refractivity contribution in [3.63, 3.8) is 0 Å². The van der Waals surface area contributed by atoms with Crippen LogP contribution in [0.3, 0.4) is 0 Å². The molecule has 2 aromatic rings. The van der Waals surface area contributed by atoms with Crippen molar-refractivity contribution in [2.75, 3.05) is 18.4 Å². The molecule has 232 valence electrons. The molecule has 2 fully saturated rings. The van der Waals surface area contributed by atoms with Crippen molar-refractivity contribution in [1.82, 2.24) is 15.1 Å². The summed E-state index contributed by atoms with van der Waals surface area (Å²) >= 11 is 0. The molecule has 0 aromatic heterocycles. The van der Waals surface area contributed by atoms with Gasteiger partial charge < -0.3 is 45.8 Å². The van der Waals surface area contributed by atoms with E-state index in [1.807, 2.05) is 0 Å². The largest absolute Gasteiger partial charge is 0.381 e. The van der Waals surface area contributed by atoms with Gasteiger partial charge in [0.25, 0.3) is 35.1 Å². The van der Waals surface area contributed by atoms with Crippen molar-refractivity contribution in [2.24, 2.45) is 0 Å². The number of rotatable bonds is 6. The third kappa shape index (κ3) is 4.67. The summed E-state index contributed by atoms with van der Waals surface area (Å²) in [5, 5.41) is 78.1. The van der Waals surface area contributed by atoms with Gasteiger partial charge in [-0.3, -0.25) is 24.6 Å². The molecular weight excluding hydrogens is 575 g/mol. The number of ether oxygens (including phenoxy) is 1. The van der Waals surface area contributed by atoms with Crippen LogP contribution < -0.4 is 10.6 Å². The van der Waals surface area contributed by atoms with Gasteiger partial charge in [-0.15, -0.1) is 0 Å². The van der Waals surface area contributed by atoms with E-state index in [4.69, 9.17) is 4.74 Å². The van der Waals surface area contributed by atoms with Gasteiger partial charge >= 0.3 is 5.79 Å². The second-order valence-electron chi connectivity index (χ2n) is 11.0. The molecule has 0 spiro atoms. The van der Waals surface area contributed by atoms with Gasteiger partial charge in [0.15, 0.2) is 0 Å². The molecule has 3 unspecified atom stereocenters. The molecule has 3 amide bonds. The predicted molar refractivity (Wildman–Crippen MR) is 140 cm³/mol. The number of hydrogen-bond acceptors (Lipinski definition) is 13. The molecule has 0 radical (unpaired) electrons. The number of piperidine rings is 1. The van der Waals surface area contributed by atoms with Crippen molar-refractivity contribution in [3.8, 4) is 0 Å². The maximum Gasteiger partial charge on any atom is 0.306 e. The number of carbonyl (C=O) groups is 3. The molecule has 0 saturated carbocycles. The van der Waals surface area contributed by atoms with Gasteiger partial charge in [0.05, 0.1) is 18.8 Å². The Labute approximate surface area is 243 Å². The van der Waals surface area contributed by atoms with E-state index in [1.54, 1.807) is 13.8 Å². The summed E-state index contributed by atoms with van der Waals surface area (Å²) in [6, 6.07) is 7.73. The van der Waals surface area contributed by atoms with Crippen LogP contribution in [0.4, 0.5) is 10.1 Å². The lowest BCUT2D eigenvalue weighted by Crippen LogP contribution is -2.85. The van der Waals surface area contributed by atoms with Gasteiger partial charge in [-0.1, -0.05) is 6.07 Å². The SMILES string of the molecule is CC1CN(C(O)(O)c2ccc(F)c(CNc3cccc4c3CN(C3(O)C(=O)NC(=O)C(O)(O)C3(O)O)C4=O)c2)CC(C)O1. The summed E-state index contributed by atoms with van der Waals surface area (Å²) in [6.45, 7) is 3.06. The van der Waals surface area contributed by atoms with E-state index in [9.17, 15) is 54.5 Å². The van der Waals surface area contributed by atoms with Crippen molar-refractivity contribution in [2.45, 2.75) is 62.4 Å². The highest BCUT2D eigenvalue weighted by molar-refractivity contribution is 6.10. The highest BCUT2D eigenvalue weighted by Crippen LogP contribution is 2.42. The van der Waals surface area contributed by atoms with Gasteiger partial charge in [0, 0.05) is 47.6 Å². The summed E-state index contributed by atoms with van der Waals surface area (Å²) in [5.74, 6) is -16.3. The Morgan fingerprint density at radius 2 is 1.67 bits per heavy atom. The first-order valence-corrected chi connectivity index (χ1v) is 13.2. The molecule has 3 heterocycles. The fraction of sp³-hybridized carbons (Fsp3) is 0.444. The van der Waals surface area contributed by atoms with E-state index >= 15 is 0 Å². The van der Waals surface area contributed by atoms with Crippen LogP contribution in [-0.4, -0.2) is 106 Å². The van der Waals surface area contributed by atoms with E-state index in [-0.39, 0.29) is 64.7 Å². The first kappa shape index (κ1) is 30.9. The zero-order valence-corrected chi connectivity index (χ0v) is 23.0. The Hall–Kier alpha value is -3.58. The predicted octanol–water partition coefficient (Wildman–Crippen LogP) is -2.70. The fourth-order valence-corrected chi connectivity index (χ4v) is 5.63. The lowest BCUT2D eigenvalue weighted by molar-refractivity contribution is -0.407. The van der Waals surface area contributed by atoms with Crippen LogP contribution in [0, 0.1) is 5.82 Å². The smallest absolute Gasteiger partial charge is 0.306 e. The number of aliphatic hydroxyl groups is 7. The average Bonchev–Trinajstić information content (AvgIpc) is 3.27. The number of nitrogens with one attached hydrogen (secondary N) is 2. The summed E-state index contributed by atoms with van der Waals surface area (Å²) in [6.07, 6.45) is -0.560.